The van der Waals surface area contributed by atoms with E-state index >= 15 is 0 Å². The molecular formula is C12H24F4N4O4. The predicted molar refractivity (Wildman–Crippen MR) is 77.6 cm³/mol. The molecule has 0 aliphatic carbocycles. The molecule has 0 saturated carbocycles. The quantitative estimate of drug-likeness (QED) is 0.278. The van der Waals surface area contributed by atoms with Crippen molar-refractivity contribution in [1.82, 2.24) is 0 Å². The second-order valence-corrected chi connectivity index (χ2v) is 4.98. The summed E-state index contributed by atoms with van der Waals surface area (Å²) in [4.78, 5) is 20.6. The van der Waals surface area contributed by atoms with Crippen LogP contribution in [0, 0.1) is 5.92 Å². The highest BCUT2D eigenvalue weighted by Crippen LogP contribution is 2.18. The lowest BCUT2D eigenvalue weighted by molar-refractivity contribution is -0.150. The van der Waals surface area contributed by atoms with Gasteiger partial charge in [0.2, 0.25) is 0 Å². The highest BCUT2D eigenvalue weighted by molar-refractivity contribution is 5.79. The number of aliphatic carboxylic acids is 2. The average Bonchev–Trinajstić information content (AvgIpc) is 2.44. The highest BCUT2D eigenvalue weighted by Gasteiger charge is 2.43. The largest absolute Gasteiger partial charge is 0.481 e. The van der Waals surface area contributed by atoms with Gasteiger partial charge in [-0.25, -0.2) is 22.4 Å². The van der Waals surface area contributed by atoms with E-state index in [1.807, 2.05) is 0 Å². The average molecular weight is 364 g/mol. The van der Waals surface area contributed by atoms with Crippen LogP contribution in [0.3, 0.4) is 0 Å². The first-order valence-electron chi connectivity index (χ1n) is 6.92. The van der Waals surface area contributed by atoms with Gasteiger partial charge in [0.1, 0.15) is 5.92 Å². The summed E-state index contributed by atoms with van der Waals surface area (Å²) >= 11 is 0. The van der Waals surface area contributed by atoms with Gasteiger partial charge in [0.15, 0.2) is 5.54 Å². The van der Waals surface area contributed by atoms with Gasteiger partial charge in [-0.1, -0.05) is 0 Å². The van der Waals surface area contributed by atoms with E-state index in [1.54, 1.807) is 0 Å². The maximum atomic E-state index is 12.1. The third-order valence-corrected chi connectivity index (χ3v) is 3.10. The molecule has 0 saturated heterocycles. The van der Waals surface area contributed by atoms with Crippen molar-refractivity contribution in [2.75, 3.05) is 13.1 Å². The molecule has 0 aromatic heterocycles. The number of hydrogen-bond acceptors (Lipinski definition) is 6. The monoisotopic (exact) mass is 364 g/mol. The Kier molecular flexibility index (Phi) is 12.3. The van der Waals surface area contributed by atoms with Crippen LogP contribution >= 0.6 is 0 Å². The minimum atomic E-state index is -3.07. The molecule has 0 radical (unpaired) electrons. The molecule has 0 aliphatic rings. The topological polar surface area (TPSA) is 179 Å². The molecule has 1 unspecified atom stereocenters. The van der Waals surface area contributed by atoms with Crippen molar-refractivity contribution in [2.24, 2.45) is 28.9 Å². The molecule has 0 bridgehead atoms. The van der Waals surface area contributed by atoms with E-state index in [0.717, 1.165) is 0 Å². The van der Waals surface area contributed by atoms with Gasteiger partial charge < -0.3 is 33.1 Å². The molecule has 0 heterocycles. The van der Waals surface area contributed by atoms with Crippen LogP contribution in [0.1, 0.15) is 19.3 Å². The van der Waals surface area contributed by atoms with Gasteiger partial charge in [0.25, 0.3) is 12.9 Å². The predicted octanol–water partition coefficient (Wildman–Crippen LogP) is -0.599. The van der Waals surface area contributed by atoms with Crippen molar-refractivity contribution in [2.45, 2.75) is 43.7 Å². The fraction of sp³-hybridized carbons (Fsp3) is 0.833. The van der Waals surface area contributed by atoms with Crippen LogP contribution in [-0.2, 0) is 9.59 Å². The molecule has 0 aliphatic heterocycles. The van der Waals surface area contributed by atoms with E-state index in [4.69, 9.17) is 33.1 Å². The maximum absolute atomic E-state index is 12.1. The Morgan fingerprint density at radius 3 is 1.79 bits per heavy atom. The standard InChI is InChI=1S/2C6H12F2N2O2/c7-4(8)6(10,5(11)12)2-1-3-9;7-5(8)4(6(11)12)3(10)1-2-9/h4H,1-3,9-10H2,(H,11,12);3-5H,1-2,9-10H2,(H,11,12)/t6-;3-,4?/m10/s1. The van der Waals surface area contributed by atoms with Crippen LogP contribution < -0.4 is 22.9 Å². The number of halogens is 4. The Hall–Kier alpha value is -1.50. The summed E-state index contributed by atoms with van der Waals surface area (Å²) in [5.74, 6) is -5.08. The molecule has 10 N–H and O–H groups in total. The Morgan fingerprint density at radius 1 is 1.04 bits per heavy atom. The van der Waals surface area contributed by atoms with Crippen LogP contribution in [0.15, 0.2) is 0 Å². The van der Waals surface area contributed by atoms with Gasteiger partial charge in [-0.15, -0.1) is 0 Å². The first kappa shape index (κ1) is 24.7. The Bertz CT molecular complexity index is 390. The first-order chi connectivity index (χ1) is 10.9. The van der Waals surface area contributed by atoms with Crippen molar-refractivity contribution < 1.29 is 37.4 Å². The highest BCUT2D eigenvalue weighted by atomic mass is 19.3. The Morgan fingerprint density at radius 2 is 1.54 bits per heavy atom. The van der Waals surface area contributed by atoms with Gasteiger partial charge in [-0.2, -0.15) is 0 Å². The number of rotatable bonds is 10. The normalized spacial score (nSPS) is 16.1. The summed E-state index contributed by atoms with van der Waals surface area (Å²) in [6.45, 7) is 0.261. The lowest BCUT2D eigenvalue weighted by Gasteiger charge is -2.22. The lowest BCUT2D eigenvalue weighted by Crippen LogP contribution is -2.54. The van der Waals surface area contributed by atoms with E-state index in [9.17, 15) is 27.2 Å². The summed E-state index contributed by atoms with van der Waals surface area (Å²) in [5, 5.41) is 16.7. The van der Waals surface area contributed by atoms with Crippen molar-refractivity contribution in [1.29, 1.82) is 0 Å². The summed E-state index contributed by atoms with van der Waals surface area (Å²) in [6.07, 6.45) is -6.06. The second kappa shape index (κ2) is 11.9. The molecule has 24 heavy (non-hydrogen) atoms. The van der Waals surface area contributed by atoms with Gasteiger partial charge in [-0.3, -0.25) is 4.79 Å². The zero-order chi connectivity index (χ0) is 19.5. The summed E-state index contributed by atoms with van der Waals surface area (Å²) in [7, 11) is 0. The molecule has 0 rings (SSSR count). The summed E-state index contributed by atoms with van der Waals surface area (Å²) in [5.41, 5.74) is 17.8. The Labute approximate surface area is 136 Å². The summed E-state index contributed by atoms with van der Waals surface area (Å²) < 4.78 is 48.3. The van der Waals surface area contributed by atoms with Crippen LogP contribution in [0.5, 0.6) is 0 Å². The molecule has 12 heteroatoms. The molecule has 0 aromatic rings. The van der Waals surface area contributed by atoms with E-state index < -0.39 is 42.3 Å². The van der Waals surface area contributed by atoms with Crippen LogP contribution in [0.25, 0.3) is 0 Å². The molecule has 8 nitrogen and oxygen atoms in total. The SMILES string of the molecule is NCCC[C@](N)(C(=O)O)C(F)F.NCC[C@H](N)C(C(=O)O)C(F)F. The van der Waals surface area contributed by atoms with Crippen LogP contribution in [0.2, 0.25) is 0 Å². The van der Waals surface area contributed by atoms with Gasteiger partial charge >= 0.3 is 11.9 Å². The molecule has 0 aromatic carbocycles. The molecule has 144 valence electrons. The molecule has 0 fully saturated rings. The number of carboxylic acid groups (broad SMARTS) is 2. The molecule has 3 atom stereocenters. The number of hydrogen-bond donors (Lipinski definition) is 6. The smallest absolute Gasteiger partial charge is 0.329 e. The van der Waals surface area contributed by atoms with E-state index in [-0.39, 0.29) is 32.4 Å². The van der Waals surface area contributed by atoms with Crippen molar-refractivity contribution in [3.05, 3.63) is 0 Å². The second-order valence-electron chi connectivity index (χ2n) is 4.98. The molecule has 0 amide bonds. The van der Waals surface area contributed by atoms with Crippen molar-refractivity contribution >= 4 is 11.9 Å². The van der Waals surface area contributed by atoms with Gasteiger partial charge in [-0.05, 0) is 32.4 Å². The lowest BCUT2D eigenvalue weighted by atomic mass is 9.95. The minimum absolute atomic E-state index is 0.0846. The minimum Gasteiger partial charge on any atom is -0.481 e. The third-order valence-electron chi connectivity index (χ3n) is 3.10. The van der Waals surface area contributed by atoms with E-state index in [0.29, 0.717) is 0 Å². The zero-order valence-electron chi connectivity index (χ0n) is 12.9. The van der Waals surface area contributed by atoms with Gasteiger partial charge in [0, 0.05) is 6.04 Å². The first-order valence-corrected chi connectivity index (χ1v) is 6.92. The fourth-order valence-corrected chi connectivity index (χ4v) is 1.55. The summed E-state index contributed by atoms with van der Waals surface area (Å²) in [6, 6.07) is -1.08. The number of carbonyl (C=O) groups is 2. The third kappa shape index (κ3) is 8.38. The fourth-order valence-electron chi connectivity index (χ4n) is 1.55. The molecule has 0 spiro atoms. The van der Waals surface area contributed by atoms with Crippen molar-refractivity contribution in [3.8, 4) is 0 Å². The number of nitrogens with two attached hydrogens (primary N) is 4. The number of alkyl halides is 4. The van der Waals surface area contributed by atoms with E-state index in [2.05, 4.69) is 0 Å². The maximum Gasteiger partial charge on any atom is 0.329 e. The molecular weight excluding hydrogens is 340 g/mol. The van der Waals surface area contributed by atoms with Crippen LogP contribution in [0.4, 0.5) is 17.6 Å². The van der Waals surface area contributed by atoms with E-state index in [1.165, 1.54) is 0 Å². The van der Waals surface area contributed by atoms with Crippen molar-refractivity contribution in [3.63, 3.8) is 0 Å². The Balaban J connectivity index is 0. The van der Waals surface area contributed by atoms with Crippen LogP contribution in [-0.4, -0.2) is 59.7 Å². The number of carboxylic acids is 2. The van der Waals surface area contributed by atoms with Gasteiger partial charge in [0.05, 0.1) is 0 Å². The zero-order valence-corrected chi connectivity index (χ0v) is 12.9.